The predicted octanol–water partition coefficient (Wildman–Crippen LogP) is 9.54. The van der Waals surface area contributed by atoms with Crippen LogP contribution >= 0.6 is 0 Å². The molecule has 0 radical (unpaired) electrons. The molecular weight excluding hydrogens is 524 g/mol. The van der Waals surface area contributed by atoms with E-state index < -0.39 is 0 Å². The van der Waals surface area contributed by atoms with Crippen LogP contribution in [0.1, 0.15) is 17.8 Å². The number of hydrogen-bond donors (Lipinski definition) is 0. The Hall–Kier alpha value is -5.61. The van der Waals surface area contributed by atoms with Gasteiger partial charge in [0.05, 0.1) is 34.0 Å². The molecule has 4 heteroatoms. The van der Waals surface area contributed by atoms with Crippen molar-refractivity contribution in [2.75, 3.05) is 0 Å². The molecule has 1 aliphatic rings. The fourth-order valence-corrected chi connectivity index (χ4v) is 6.54. The lowest BCUT2D eigenvalue weighted by Gasteiger charge is -2.14. The fraction of sp³-hybridized carbons (Fsp3) is 0.0513. The van der Waals surface area contributed by atoms with Gasteiger partial charge in [0.1, 0.15) is 5.65 Å². The Bertz CT molecular complexity index is 2400. The number of rotatable bonds is 3. The SMILES string of the molecule is C1=Cc2c(nc3c4ccc(-c5cccc(-c6ccccn6)n5)cc4c4cc(-c5ccc6ccccc6c5)ccc4n23)CC1. The van der Waals surface area contributed by atoms with E-state index in [0.29, 0.717) is 0 Å². The van der Waals surface area contributed by atoms with Gasteiger partial charge in [-0.1, -0.05) is 66.7 Å². The fourth-order valence-electron chi connectivity index (χ4n) is 6.54. The number of benzene rings is 4. The summed E-state index contributed by atoms with van der Waals surface area (Å²) in [6.45, 7) is 0. The van der Waals surface area contributed by atoms with Gasteiger partial charge in [0, 0.05) is 22.5 Å². The maximum Gasteiger partial charge on any atom is 0.145 e. The Balaban J connectivity index is 1.31. The zero-order valence-electron chi connectivity index (χ0n) is 23.4. The van der Waals surface area contributed by atoms with Crippen LogP contribution < -0.4 is 0 Å². The lowest BCUT2D eigenvalue weighted by molar-refractivity contribution is 0.943. The van der Waals surface area contributed by atoms with Crippen molar-refractivity contribution in [1.82, 2.24) is 19.4 Å². The Kier molecular flexibility index (Phi) is 5.29. The largest absolute Gasteiger partial charge is 0.292 e. The number of nitrogens with zero attached hydrogens (tertiary/aromatic N) is 4. The highest BCUT2D eigenvalue weighted by Crippen LogP contribution is 2.37. The van der Waals surface area contributed by atoms with Crippen molar-refractivity contribution in [3.05, 3.63) is 139 Å². The van der Waals surface area contributed by atoms with Crippen molar-refractivity contribution in [2.45, 2.75) is 12.8 Å². The number of allylic oxidation sites excluding steroid dienone is 1. The van der Waals surface area contributed by atoms with Crippen LogP contribution in [0.4, 0.5) is 0 Å². The molecule has 0 amide bonds. The maximum absolute atomic E-state index is 5.19. The molecule has 1 aliphatic carbocycles. The standard InChI is InChI=1S/C39H26N4/c1-2-9-26-22-27(16-15-25(26)8-1)28-18-20-37-32(23-28)31-24-29(33-12-7-13-35(41-33)34-10-5-6-21-40-34)17-19-30(31)39-42-36-11-3-4-14-38(36)43(37)39/h1-2,4-10,12-24H,3,11H2. The van der Waals surface area contributed by atoms with Crippen LogP contribution in [-0.2, 0) is 6.42 Å². The van der Waals surface area contributed by atoms with E-state index in [0.717, 1.165) is 46.5 Å². The zero-order valence-corrected chi connectivity index (χ0v) is 23.4. The number of pyridine rings is 3. The summed E-state index contributed by atoms with van der Waals surface area (Å²) in [6.07, 6.45) is 8.31. The van der Waals surface area contributed by atoms with E-state index in [-0.39, 0.29) is 0 Å². The molecule has 0 atom stereocenters. The van der Waals surface area contributed by atoms with Crippen LogP contribution in [0, 0.1) is 0 Å². The quantitative estimate of drug-likeness (QED) is 0.206. The second-order valence-corrected chi connectivity index (χ2v) is 11.2. The Labute approximate surface area is 248 Å². The third-order valence-electron chi connectivity index (χ3n) is 8.66. The average molecular weight is 551 g/mol. The van der Waals surface area contributed by atoms with E-state index >= 15 is 0 Å². The highest BCUT2D eigenvalue weighted by Gasteiger charge is 2.19. The number of aromatic nitrogens is 4. The first-order valence-electron chi connectivity index (χ1n) is 14.8. The molecule has 0 aliphatic heterocycles. The van der Waals surface area contributed by atoms with Gasteiger partial charge in [-0.2, -0.15) is 0 Å². The van der Waals surface area contributed by atoms with Crippen molar-refractivity contribution in [2.24, 2.45) is 0 Å². The van der Waals surface area contributed by atoms with Gasteiger partial charge in [0.15, 0.2) is 0 Å². The monoisotopic (exact) mass is 550 g/mol. The van der Waals surface area contributed by atoms with E-state index in [9.17, 15) is 0 Å². The molecule has 4 nitrogen and oxygen atoms in total. The van der Waals surface area contributed by atoms with Gasteiger partial charge in [0.25, 0.3) is 0 Å². The molecule has 202 valence electrons. The van der Waals surface area contributed by atoms with Crippen LogP contribution in [0.2, 0.25) is 0 Å². The molecule has 4 heterocycles. The second kappa shape index (κ2) is 9.47. The van der Waals surface area contributed by atoms with Crippen LogP contribution in [-0.4, -0.2) is 19.4 Å². The molecule has 0 saturated heterocycles. The first-order valence-corrected chi connectivity index (χ1v) is 14.8. The smallest absolute Gasteiger partial charge is 0.145 e. The van der Waals surface area contributed by atoms with Gasteiger partial charge < -0.3 is 0 Å². The lowest BCUT2D eigenvalue weighted by atomic mass is 9.96. The van der Waals surface area contributed by atoms with E-state index in [4.69, 9.17) is 9.97 Å². The molecule has 43 heavy (non-hydrogen) atoms. The maximum atomic E-state index is 5.19. The molecule has 4 aromatic carbocycles. The van der Waals surface area contributed by atoms with Crippen LogP contribution in [0.25, 0.3) is 77.9 Å². The molecule has 0 saturated carbocycles. The number of aryl methyl sites for hydroxylation is 1. The molecule has 0 spiro atoms. The van der Waals surface area contributed by atoms with E-state index in [1.165, 1.54) is 49.6 Å². The number of fused-ring (bicyclic) bond motifs is 9. The summed E-state index contributed by atoms with van der Waals surface area (Å²) in [6, 6.07) is 40.9. The summed E-state index contributed by atoms with van der Waals surface area (Å²) in [7, 11) is 0. The Morgan fingerprint density at radius 1 is 0.558 bits per heavy atom. The van der Waals surface area contributed by atoms with E-state index in [1.54, 1.807) is 0 Å². The predicted molar refractivity (Wildman–Crippen MR) is 177 cm³/mol. The van der Waals surface area contributed by atoms with Crippen molar-refractivity contribution in [1.29, 1.82) is 0 Å². The highest BCUT2D eigenvalue weighted by molar-refractivity contribution is 6.14. The summed E-state index contributed by atoms with van der Waals surface area (Å²) >= 11 is 0. The van der Waals surface area contributed by atoms with Crippen LogP contribution in [0.15, 0.2) is 128 Å². The molecule has 9 rings (SSSR count). The third kappa shape index (κ3) is 3.87. The molecular formula is C39H26N4. The lowest BCUT2D eigenvalue weighted by Crippen LogP contribution is -1.97. The van der Waals surface area contributed by atoms with Gasteiger partial charge in [-0.25, -0.2) is 9.97 Å². The van der Waals surface area contributed by atoms with Crippen molar-refractivity contribution >= 4 is 44.2 Å². The molecule has 8 aromatic rings. The van der Waals surface area contributed by atoms with E-state index in [2.05, 4.69) is 113 Å². The molecule has 0 unspecified atom stereocenters. The highest BCUT2D eigenvalue weighted by atomic mass is 15.0. The minimum absolute atomic E-state index is 0.866. The Morgan fingerprint density at radius 3 is 2.28 bits per heavy atom. The van der Waals surface area contributed by atoms with Gasteiger partial charge in [-0.05, 0) is 101 Å². The molecule has 0 bridgehead atoms. The van der Waals surface area contributed by atoms with Gasteiger partial charge >= 0.3 is 0 Å². The number of imidazole rings is 1. The normalized spacial score (nSPS) is 12.8. The summed E-state index contributed by atoms with van der Waals surface area (Å²) < 4.78 is 2.35. The van der Waals surface area contributed by atoms with Gasteiger partial charge in [0.2, 0.25) is 0 Å². The van der Waals surface area contributed by atoms with Gasteiger partial charge in [-0.3, -0.25) is 9.38 Å². The zero-order chi connectivity index (χ0) is 28.3. The average Bonchev–Trinajstić information content (AvgIpc) is 3.48. The minimum Gasteiger partial charge on any atom is -0.292 e. The summed E-state index contributed by atoms with van der Waals surface area (Å²) in [5.41, 5.74) is 10.7. The molecule has 0 N–H and O–H groups in total. The summed E-state index contributed by atoms with van der Waals surface area (Å²) in [4.78, 5) is 14.7. The van der Waals surface area contributed by atoms with Crippen LogP contribution in [0.3, 0.4) is 0 Å². The first kappa shape index (κ1) is 24.0. The summed E-state index contributed by atoms with van der Waals surface area (Å²) in [5, 5.41) is 6.03. The van der Waals surface area contributed by atoms with Crippen molar-refractivity contribution < 1.29 is 0 Å². The summed E-state index contributed by atoms with van der Waals surface area (Å²) in [5.74, 6) is 0. The van der Waals surface area contributed by atoms with Crippen molar-refractivity contribution in [3.8, 4) is 33.8 Å². The van der Waals surface area contributed by atoms with Crippen LogP contribution in [0.5, 0.6) is 0 Å². The first-order chi connectivity index (χ1) is 21.3. The topological polar surface area (TPSA) is 43.1 Å². The minimum atomic E-state index is 0.866. The Morgan fingerprint density at radius 2 is 1.35 bits per heavy atom. The van der Waals surface area contributed by atoms with Crippen molar-refractivity contribution in [3.63, 3.8) is 0 Å². The van der Waals surface area contributed by atoms with E-state index in [1.807, 2.05) is 30.5 Å². The molecule has 0 fully saturated rings. The second-order valence-electron chi connectivity index (χ2n) is 11.2. The third-order valence-corrected chi connectivity index (χ3v) is 8.66. The van der Waals surface area contributed by atoms with Gasteiger partial charge in [-0.15, -0.1) is 0 Å². The molecule has 4 aromatic heterocycles. The number of hydrogen-bond acceptors (Lipinski definition) is 3.